The lowest BCUT2D eigenvalue weighted by Gasteiger charge is -2.04. The molecular weight excluding hydrogens is 290 g/mol. The highest BCUT2D eigenvalue weighted by Crippen LogP contribution is 2.21. The molecule has 0 fully saturated rings. The average molecular weight is 302 g/mol. The van der Waals surface area contributed by atoms with Gasteiger partial charge in [-0.3, -0.25) is 0 Å². The van der Waals surface area contributed by atoms with E-state index < -0.39 is 0 Å². The zero-order valence-corrected chi connectivity index (χ0v) is 12.0. The Morgan fingerprint density at radius 3 is 2.71 bits per heavy atom. The van der Waals surface area contributed by atoms with Crippen LogP contribution in [0.5, 0.6) is 0 Å². The predicted octanol–water partition coefficient (Wildman–Crippen LogP) is 4.19. The summed E-state index contributed by atoms with van der Waals surface area (Å²) in [6.45, 7) is 1.87. The van der Waals surface area contributed by atoms with E-state index in [0.717, 1.165) is 5.56 Å². The van der Waals surface area contributed by atoms with Gasteiger partial charge in [0.05, 0.1) is 6.26 Å². The first-order valence-electron chi connectivity index (χ1n) is 6.30. The molecule has 0 aliphatic carbocycles. The Bertz CT molecular complexity index is 761. The molecule has 1 aromatic carbocycles. The van der Waals surface area contributed by atoms with Crippen LogP contribution in [-0.2, 0) is 0 Å². The fourth-order valence-corrected chi connectivity index (χ4v) is 2.06. The summed E-state index contributed by atoms with van der Waals surface area (Å²) in [6.07, 6.45) is 3.23. The minimum absolute atomic E-state index is 0.349. The van der Waals surface area contributed by atoms with Crippen LogP contribution in [0.3, 0.4) is 0 Å². The second kappa shape index (κ2) is 5.46. The van der Waals surface area contributed by atoms with Crippen molar-refractivity contribution in [3.63, 3.8) is 0 Å². The van der Waals surface area contributed by atoms with Crippen LogP contribution < -0.4 is 5.32 Å². The number of hydrogen-bond donors (Lipinski definition) is 1. The van der Waals surface area contributed by atoms with Crippen LogP contribution in [-0.4, -0.2) is 15.8 Å². The Morgan fingerprint density at radius 1 is 1.29 bits per heavy atom. The van der Waals surface area contributed by atoms with Crippen molar-refractivity contribution in [2.75, 3.05) is 5.32 Å². The molecule has 2 aromatic heterocycles. The summed E-state index contributed by atoms with van der Waals surface area (Å²) in [5.41, 5.74) is 2.15. The topological polar surface area (TPSA) is 60.1 Å². The summed E-state index contributed by atoms with van der Waals surface area (Å²) < 4.78 is 6.55. The second-order valence-corrected chi connectivity index (χ2v) is 4.96. The summed E-state index contributed by atoms with van der Waals surface area (Å²) in [6, 6.07) is 10.1. The molecule has 0 aliphatic heterocycles. The molecule has 3 aromatic rings. The van der Waals surface area contributed by atoms with Crippen molar-refractivity contribution in [3.8, 4) is 11.5 Å². The molecule has 1 N–H and O–H groups in total. The van der Waals surface area contributed by atoms with Gasteiger partial charge in [-0.25, -0.2) is 4.79 Å². The number of aromatic nitrogens is 2. The number of nitrogens with zero attached hydrogens (tertiary/aromatic N) is 2. The molecule has 0 atom stereocenters. The van der Waals surface area contributed by atoms with E-state index in [0.29, 0.717) is 22.2 Å². The van der Waals surface area contributed by atoms with Crippen molar-refractivity contribution in [1.82, 2.24) is 9.78 Å². The molecule has 1 amide bonds. The lowest BCUT2D eigenvalue weighted by Crippen LogP contribution is -2.19. The van der Waals surface area contributed by atoms with E-state index in [1.165, 1.54) is 4.68 Å². The number of benzene rings is 1. The maximum absolute atomic E-state index is 12.2. The third-order valence-corrected chi connectivity index (χ3v) is 3.21. The van der Waals surface area contributed by atoms with Crippen molar-refractivity contribution in [2.24, 2.45) is 0 Å². The van der Waals surface area contributed by atoms with Crippen LogP contribution in [0.4, 0.5) is 10.5 Å². The molecular formula is C15H12ClN3O2. The van der Waals surface area contributed by atoms with Crippen molar-refractivity contribution in [3.05, 3.63) is 59.4 Å². The van der Waals surface area contributed by atoms with Gasteiger partial charge in [-0.15, -0.1) is 0 Å². The lowest BCUT2D eigenvalue weighted by atomic mass is 10.2. The summed E-state index contributed by atoms with van der Waals surface area (Å²) in [7, 11) is 0. The van der Waals surface area contributed by atoms with E-state index in [1.807, 2.05) is 6.92 Å². The minimum atomic E-state index is -0.349. The Labute approximate surface area is 126 Å². The standard InChI is InChI=1S/C15H12ClN3O2/c1-10-9-19(18-14(10)13-3-2-8-21-13)15(20)17-12-6-4-11(16)5-7-12/h2-9H,1H3,(H,17,20). The van der Waals surface area contributed by atoms with Crippen LogP contribution in [0, 0.1) is 6.92 Å². The zero-order valence-electron chi connectivity index (χ0n) is 11.2. The van der Waals surface area contributed by atoms with Crippen LogP contribution in [0.15, 0.2) is 53.3 Å². The molecule has 21 heavy (non-hydrogen) atoms. The van der Waals surface area contributed by atoms with Crippen LogP contribution in [0.2, 0.25) is 5.02 Å². The number of aryl methyl sites for hydroxylation is 1. The highest BCUT2D eigenvalue weighted by Gasteiger charge is 2.14. The number of carbonyl (C=O) groups is 1. The van der Waals surface area contributed by atoms with Gasteiger partial charge in [-0.2, -0.15) is 9.78 Å². The molecule has 0 unspecified atom stereocenters. The predicted molar refractivity (Wildman–Crippen MR) is 80.5 cm³/mol. The Kier molecular flexibility index (Phi) is 3.50. The van der Waals surface area contributed by atoms with Gasteiger partial charge < -0.3 is 9.73 Å². The summed E-state index contributed by atoms with van der Waals surface area (Å²) in [5, 5.41) is 7.61. The summed E-state index contributed by atoms with van der Waals surface area (Å²) in [5.74, 6) is 0.630. The number of furan rings is 1. The number of anilines is 1. The number of carbonyl (C=O) groups excluding carboxylic acids is 1. The van der Waals surface area contributed by atoms with Gasteiger partial charge in [0.15, 0.2) is 5.76 Å². The largest absolute Gasteiger partial charge is 0.463 e. The van der Waals surface area contributed by atoms with Gasteiger partial charge in [0.1, 0.15) is 5.69 Å². The smallest absolute Gasteiger partial charge is 0.346 e. The SMILES string of the molecule is Cc1cn(C(=O)Nc2ccc(Cl)cc2)nc1-c1ccco1. The van der Waals surface area contributed by atoms with Crippen LogP contribution in [0.25, 0.3) is 11.5 Å². The monoisotopic (exact) mass is 301 g/mol. The number of nitrogens with one attached hydrogen (secondary N) is 1. The Balaban J connectivity index is 1.82. The molecule has 6 heteroatoms. The second-order valence-electron chi connectivity index (χ2n) is 4.52. The van der Waals surface area contributed by atoms with Crippen molar-refractivity contribution >= 4 is 23.3 Å². The number of rotatable bonds is 2. The molecule has 3 rings (SSSR count). The highest BCUT2D eigenvalue weighted by molar-refractivity contribution is 6.30. The average Bonchev–Trinajstić information content (AvgIpc) is 3.10. The van der Waals surface area contributed by atoms with Gasteiger partial charge in [0.2, 0.25) is 0 Å². The number of hydrogen-bond acceptors (Lipinski definition) is 3. The fraction of sp³-hybridized carbons (Fsp3) is 0.0667. The Hall–Kier alpha value is -2.53. The van der Waals surface area contributed by atoms with E-state index in [4.69, 9.17) is 16.0 Å². The van der Waals surface area contributed by atoms with E-state index in [1.54, 1.807) is 48.9 Å². The summed E-state index contributed by atoms with van der Waals surface area (Å²) in [4.78, 5) is 12.2. The minimum Gasteiger partial charge on any atom is -0.463 e. The number of amides is 1. The molecule has 0 saturated heterocycles. The normalized spacial score (nSPS) is 10.6. The molecule has 0 bridgehead atoms. The third-order valence-electron chi connectivity index (χ3n) is 2.96. The molecule has 2 heterocycles. The highest BCUT2D eigenvalue weighted by atomic mass is 35.5. The molecule has 5 nitrogen and oxygen atoms in total. The first kappa shape index (κ1) is 13.5. The van der Waals surface area contributed by atoms with Crippen molar-refractivity contribution in [1.29, 1.82) is 0 Å². The first-order valence-corrected chi connectivity index (χ1v) is 6.68. The van der Waals surface area contributed by atoms with Crippen LogP contribution in [0.1, 0.15) is 5.56 Å². The summed E-state index contributed by atoms with van der Waals surface area (Å²) >= 11 is 5.81. The maximum Gasteiger partial charge on any atom is 0.346 e. The first-order chi connectivity index (χ1) is 10.1. The van der Waals surface area contributed by atoms with E-state index in [9.17, 15) is 4.79 Å². The third kappa shape index (κ3) is 2.83. The molecule has 0 radical (unpaired) electrons. The zero-order chi connectivity index (χ0) is 14.8. The fourth-order valence-electron chi connectivity index (χ4n) is 1.93. The molecule has 0 saturated carbocycles. The quantitative estimate of drug-likeness (QED) is 0.772. The number of halogens is 1. The lowest BCUT2D eigenvalue weighted by molar-refractivity contribution is 0.251. The van der Waals surface area contributed by atoms with Gasteiger partial charge in [-0.05, 0) is 48.9 Å². The van der Waals surface area contributed by atoms with Crippen molar-refractivity contribution < 1.29 is 9.21 Å². The van der Waals surface area contributed by atoms with Gasteiger partial charge in [0, 0.05) is 16.9 Å². The van der Waals surface area contributed by atoms with Gasteiger partial charge in [-0.1, -0.05) is 11.6 Å². The van der Waals surface area contributed by atoms with E-state index in [-0.39, 0.29) is 6.03 Å². The molecule has 0 spiro atoms. The van der Waals surface area contributed by atoms with Gasteiger partial charge >= 0.3 is 6.03 Å². The van der Waals surface area contributed by atoms with E-state index in [2.05, 4.69) is 10.4 Å². The van der Waals surface area contributed by atoms with E-state index >= 15 is 0 Å². The van der Waals surface area contributed by atoms with Gasteiger partial charge in [0.25, 0.3) is 0 Å². The Morgan fingerprint density at radius 2 is 2.05 bits per heavy atom. The molecule has 106 valence electrons. The molecule has 0 aliphatic rings. The van der Waals surface area contributed by atoms with Crippen molar-refractivity contribution in [2.45, 2.75) is 6.92 Å². The van der Waals surface area contributed by atoms with Crippen LogP contribution >= 0.6 is 11.6 Å². The maximum atomic E-state index is 12.2.